The third-order valence-electron chi connectivity index (χ3n) is 5.03. The van der Waals surface area contributed by atoms with Crippen LogP contribution in [0.1, 0.15) is 33.5 Å². The van der Waals surface area contributed by atoms with Crippen LogP contribution in [0.15, 0.2) is 23.4 Å². The van der Waals surface area contributed by atoms with E-state index in [9.17, 15) is 14.4 Å². The molecule has 0 unspecified atom stereocenters. The highest BCUT2D eigenvalue weighted by molar-refractivity contribution is 7.99. The summed E-state index contributed by atoms with van der Waals surface area (Å²) in [6.45, 7) is 6.42. The van der Waals surface area contributed by atoms with E-state index in [1.807, 2.05) is 11.5 Å². The summed E-state index contributed by atoms with van der Waals surface area (Å²) < 4.78 is 16.8. The summed E-state index contributed by atoms with van der Waals surface area (Å²) in [6.07, 6.45) is 0. The van der Waals surface area contributed by atoms with E-state index in [4.69, 9.17) is 14.2 Å². The smallest absolute Gasteiger partial charge is 0.339 e. The Hall–Kier alpha value is -2.96. The average molecular weight is 478 g/mol. The maximum atomic E-state index is 12.6. The number of ether oxygens (including phenoxy) is 3. The number of hydrogen-bond acceptors (Lipinski definition) is 10. The molecule has 2 heterocycles. The number of esters is 2. The number of morpholine rings is 1. The van der Waals surface area contributed by atoms with Gasteiger partial charge in [0.1, 0.15) is 5.82 Å². The summed E-state index contributed by atoms with van der Waals surface area (Å²) in [4.78, 5) is 38.8. The van der Waals surface area contributed by atoms with Crippen LogP contribution in [-0.4, -0.2) is 83.8 Å². The molecule has 0 spiro atoms. The van der Waals surface area contributed by atoms with Crippen molar-refractivity contribution in [3.05, 3.63) is 35.2 Å². The quantitative estimate of drug-likeness (QED) is 0.419. The number of thioether (sulfide) groups is 1. The summed E-state index contributed by atoms with van der Waals surface area (Å²) in [6, 6.07) is 4.23. The Kier molecular flexibility index (Phi) is 8.80. The predicted octanol–water partition coefficient (Wildman–Crippen LogP) is 1.43. The molecular weight excluding hydrogens is 450 g/mol. The number of amides is 1. The maximum absolute atomic E-state index is 12.6. The van der Waals surface area contributed by atoms with Gasteiger partial charge in [0.2, 0.25) is 5.91 Å². The van der Waals surface area contributed by atoms with Gasteiger partial charge in [-0.3, -0.25) is 9.69 Å². The Morgan fingerprint density at radius 3 is 2.52 bits per heavy atom. The Morgan fingerprint density at radius 1 is 1.12 bits per heavy atom. The number of carbonyl (C=O) groups is 3. The second kappa shape index (κ2) is 11.8. The fraction of sp³-hybridized carbons (Fsp3) is 0.476. The topological polar surface area (TPSA) is 125 Å². The monoisotopic (exact) mass is 477 g/mol. The number of benzene rings is 1. The number of aromatic nitrogens is 3. The third-order valence-corrected chi connectivity index (χ3v) is 6.00. The molecular formula is C21H27N5O6S. The Labute approximate surface area is 195 Å². The van der Waals surface area contributed by atoms with Gasteiger partial charge in [-0.1, -0.05) is 11.8 Å². The minimum Gasteiger partial charge on any atom is -0.465 e. The van der Waals surface area contributed by atoms with E-state index in [0.717, 1.165) is 18.9 Å². The van der Waals surface area contributed by atoms with Crippen molar-refractivity contribution in [1.29, 1.82) is 0 Å². The van der Waals surface area contributed by atoms with E-state index >= 15 is 0 Å². The number of nitrogens with one attached hydrogen (secondary N) is 1. The van der Waals surface area contributed by atoms with E-state index in [-0.39, 0.29) is 28.5 Å². The lowest BCUT2D eigenvalue weighted by atomic mass is 10.1. The Balaban J connectivity index is 1.67. The summed E-state index contributed by atoms with van der Waals surface area (Å²) in [5.41, 5.74) is 0.500. The Morgan fingerprint density at radius 2 is 1.85 bits per heavy atom. The maximum Gasteiger partial charge on any atom is 0.339 e. The number of carbonyl (C=O) groups excluding carboxylic acids is 3. The van der Waals surface area contributed by atoms with Crippen LogP contribution >= 0.6 is 11.8 Å². The van der Waals surface area contributed by atoms with Crippen LogP contribution in [-0.2, 0) is 32.1 Å². The SMILES string of the molecule is CCn1c(CN2CCOCC2)nnc1SCC(=O)Nc1cc(C(=O)OC)ccc1C(=O)OC. The highest BCUT2D eigenvalue weighted by Crippen LogP contribution is 2.22. The van der Waals surface area contributed by atoms with E-state index in [2.05, 4.69) is 20.4 Å². The summed E-state index contributed by atoms with van der Waals surface area (Å²) >= 11 is 1.24. The van der Waals surface area contributed by atoms with Gasteiger partial charge < -0.3 is 24.1 Å². The van der Waals surface area contributed by atoms with E-state index in [0.29, 0.717) is 31.5 Å². The highest BCUT2D eigenvalue weighted by Gasteiger charge is 2.20. The zero-order valence-corrected chi connectivity index (χ0v) is 19.6. The molecule has 3 rings (SSSR count). The van der Waals surface area contributed by atoms with Crippen molar-refractivity contribution in [3.63, 3.8) is 0 Å². The normalized spacial score (nSPS) is 14.0. The molecule has 33 heavy (non-hydrogen) atoms. The summed E-state index contributed by atoms with van der Waals surface area (Å²) in [5, 5.41) is 11.8. The second-order valence-electron chi connectivity index (χ2n) is 7.11. The van der Waals surface area contributed by atoms with Crippen LogP contribution in [0.2, 0.25) is 0 Å². The molecule has 0 saturated carbocycles. The highest BCUT2D eigenvalue weighted by atomic mass is 32.2. The van der Waals surface area contributed by atoms with Crippen molar-refractivity contribution < 1.29 is 28.6 Å². The van der Waals surface area contributed by atoms with Crippen LogP contribution in [0.5, 0.6) is 0 Å². The van der Waals surface area contributed by atoms with Gasteiger partial charge in [-0.25, -0.2) is 9.59 Å². The van der Waals surface area contributed by atoms with E-state index < -0.39 is 11.9 Å². The van der Waals surface area contributed by atoms with Gasteiger partial charge in [-0.05, 0) is 25.1 Å². The van der Waals surface area contributed by atoms with Crippen LogP contribution < -0.4 is 5.32 Å². The van der Waals surface area contributed by atoms with Crippen LogP contribution in [0.4, 0.5) is 5.69 Å². The molecule has 11 nitrogen and oxygen atoms in total. The van der Waals surface area contributed by atoms with Crippen LogP contribution in [0.3, 0.4) is 0 Å². The average Bonchev–Trinajstić information content (AvgIpc) is 3.23. The molecule has 1 aromatic carbocycles. The molecule has 12 heteroatoms. The van der Waals surface area contributed by atoms with E-state index in [1.165, 1.54) is 44.2 Å². The predicted molar refractivity (Wildman–Crippen MR) is 120 cm³/mol. The molecule has 2 aromatic rings. The molecule has 0 radical (unpaired) electrons. The molecule has 1 aliphatic heterocycles. The number of rotatable bonds is 9. The molecule has 1 amide bonds. The number of hydrogen-bond donors (Lipinski definition) is 1. The van der Waals surface area contributed by atoms with Crippen molar-refractivity contribution in [3.8, 4) is 0 Å². The molecule has 1 aromatic heterocycles. The lowest BCUT2D eigenvalue weighted by molar-refractivity contribution is -0.113. The van der Waals surface area contributed by atoms with Crippen LogP contribution in [0, 0.1) is 0 Å². The fourth-order valence-corrected chi connectivity index (χ4v) is 4.14. The number of anilines is 1. The van der Waals surface area contributed by atoms with Crippen molar-refractivity contribution in [2.75, 3.05) is 51.6 Å². The number of methoxy groups -OCH3 is 2. The fourth-order valence-electron chi connectivity index (χ4n) is 3.32. The molecule has 1 N–H and O–H groups in total. The van der Waals surface area contributed by atoms with Crippen molar-refractivity contribution in [2.45, 2.75) is 25.2 Å². The lowest BCUT2D eigenvalue weighted by Crippen LogP contribution is -2.36. The first-order valence-electron chi connectivity index (χ1n) is 10.4. The van der Waals surface area contributed by atoms with Gasteiger partial charge in [0.25, 0.3) is 0 Å². The van der Waals surface area contributed by atoms with Gasteiger partial charge in [-0.15, -0.1) is 10.2 Å². The standard InChI is InChI=1S/C21H27N5O6S/c1-4-26-17(12-25-7-9-32-10-8-25)23-24-21(26)33-13-18(27)22-16-11-14(19(28)30-2)5-6-15(16)20(29)31-3/h5-6,11H,4,7-10,12-13H2,1-3H3,(H,22,27). The van der Waals surface area contributed by atoms with E-state index in [1.54, 1.807) is 0 Å². The van der Waals surface area contributed by atoms with Gasteiger partial charge in [0.05, 0.1) is 56.5 Å². The molecule has 178 valence electrons. The minimum absolute atomic E-state index is 0.0404. The van der Waals surface area contributed by atoms with Crippen molar-refractivity contribution >= 4 is 35.3 Å². The molecule has 1 aliphatic rings. The third kappa shape index (κ3) is 6.30. The van der Waals surface area contributed by atoms with Gasteiger partial charge in [-0.2, -0.15) is 0 Å². The second-order valence-corrected chi connectivity index (χ2v) is 8.05. The first-order chi connectivity index (χ1) is 16.0. The van der Waals surface area contributed by atoms with Gasteiger partial charge in [0, 0.05) is 19.6 Å². The Bertz CT molecular complexity index is 1010. The first-order valence-corrected chi connectivity index (χ1v) is 11.4. The zero-order valence-electron chi connectivity index (χ0n) is 18.8. The molecule has 0 bridgehead atoms. The molecule has 0 aliphatic carbocycles. The molecule has 0 atom stereocenters. The minimum atomic E-state index is -0.632. The lowest BCUT2D eigenvalue weighted by Gasteiger charge is -2.26. The number of nitrogens with zero attached hydrogens (tertiary/aromatic N) is 4. The molecule has 1 saturated heterocycles. The first kappa shape index (κ1) is 24.7. The summed E-state index contributed by atoms with van der Waals surface area (Å²) in [5.74, 6) is -0.708. The van der Waals surface area contributed by atoms with Crippen LogP contribution in [0.25, 0.3) is 0 Å². The largest absolute Gasteiger partial charge is 0.465 e. The zero-order chi connectivity index (χ0) is 23.8. The van der Waals surface area contributed by atoms with Crippen molar-refractivity contribution in [1.82, 2.24) is 19.7 Å². The van der Waals surface area contributed by atoms with Crippen molar-refractivity contribution in [2.24, 2.45) is 0 Å². The molecule has 1 fully saturated rings. The van der Waals surface area contributed by atoms with Gasteiger partial charge in [0.15, 0.2) is 5.16 Å². The van der Waals surface area contributed by atoms with Gasteiger partial charge >= 0.3 is 11.9 Å². The summed E-state index contributed by atoms with van der Waals surface area (Å²) in [7, 11) is 2.49.